The highest BCUT2D eigenvalue weighted by Crippen LogP contribution is 2.25. The Morgan fingerprint density at radius 3 is 2.65 bits per heavy atom. The fourth-order valence-electron chi connectivity index (χ4n) is 1.58. The maximum absolute atomic E-state index is 12.0. The van der Waals surface area contributed by atoms with Gasteiger partial charge in [0.25, 0.3) is 5.91 Å². The van der Waals surface area contributed by atoms with Crippen LogP contribution in [0.4, 0.5) is 5.82 Å². The number of pyridine rings is 1. The largest absolute Gasteiger partial charge is 0.280 e. The minimum Gasteiger partial charge on any atom is -0.279 e. The van der Waals surface area contributed by atoms with E-state index in [0.29, 0.717) is 22.2 Å². The summed E-state index contributed by atoms with van der Waals surface area (Å²) in [6.45, 7) is 1.61. The zero-order chi connectivity index (χ0) is 11.8. The van der Waals surface area contributed by atoms with Crippen LogP contribution in [0.25, 0.3) is 0 Å². The Bertz CT molecular complexity index is 584. The molecule has 5 nitrogen and oxygen atoms in total. The van der Waals surface area contributed by atoms with Crippen LogP contribution in [0.15, 0.2) is 30.7 Å². The van der Waals surface area contributed by atoms with Crippen LogP contribution in [0.2, 0.25) is 5.02 Å². The maximum atomic E-state index is 12.0. The van der Waals surface area contributed by atoms with Crippen LogP contribution in [0.5, 0.6) is 0 Å². The van der Waals surface area contributed by atoms with Crippen LogP contribution >= 0.6 is 11.6 Å². The molecule has 6 heteroatoms. The Labute approximate surface area is 102 Å². The summed E-state index contributed by atoms with van der Waals surface area (Å²) in [5, 5.41) is 0.522. The van der Waals surface area contributed by atoms with Crippen molar-refractivity contribution in [3.8, 4) is 0 Å². The van der Waals surface area contributed by atoms with Crippen molar-refractivity contribution in [1.29, 1.82) is 0 Å². The van der Waals surface area contributed by atoms with Crippen molar-refractivity contribution in [2.45, 2.75) is 0 Å². The summed E-state index contributed by atoms with van der Waals surface area (Å²) in [6, 6.07) is 3.34. The van der Waals surface area contributed by atoms with Gasteiger partial charge in [0.05, 0.1) is 10.7 Å². The highest BCUT2D eigenvalue weighted by atomic mass is 35.5. The molecule has 2 aromatic heterocycles. The van der Waals surface area contributed by atoms with E-state index in [1.165, 1.54) is 17.3 Å². The van der Waals surface area contributed by atoms with E-state index in [4.69, 9.17) is 11.6 Å². The number of carbonyl (C=O) groups excluding carboxylic acids is 1. The fourth-order valence-corrected chi connectivity index (χ4v) is 1.70. The molecule has 17 heavy (non-hydrogen) atoms. The van der Waals surface area contributed by atoms with Gasteiger partial charge in [-0.15, -0.1) is 0 Å². The smallest absolute Gasteiger partial charge is 0.279 e. The predicted octanol–water partition coefficient (Wildman–Crippen LogP) is 1.70. The first-order chi connectivity index (χ1) is 8.25. The van der Waals surface area contributed by atoms with Gasteiger partial charge in [-0.2, -0.15) is 0 Å². The van der Waals surface area contributed by atoms with E-state index in [1.807, 2.05) is 0 Å². The van der Waals surface area contributed by atoms with Crippen molar-refractivity contribution in [2.75, 3.05) is 4.90 Å². The lowest BCUT2D eigenvalue weighted by Gasteiger charge is -2.12. The molecule has 3 heterocycles. The number of rotatable bonds is 1. The maximum Gasteiger partial charge on any atom is 0.280 e. The third kappa shape index (κ3) is 1.64. The van der Waals surface area contributed by atoms with Gasteiger partial charge in [0.1, 0.15) is 12.4 Å². The van der Waals surface area contributed by atoms with E-state index in [1.54, 1.807) is 24.9 Å². The Morgan fingerprint density at radius 2 is 1.94 bits per heavy atom. The first kappa shape index (κ1) is 10.2. The number of halogens is 1. The second-order valence-corrected chi connectivity index (χ2v) is 3.87. The second-order valence-electron chi connectivity index (χ2n) is 3.43. The molecular formula is C11H6ClN4O. The molecule has 0 N–H and O–H groups in total. The summed E-state index contributed by atoms with van der Waals surface area (Å²) in [7, 11) is 0. The Kier molecular flexibility index (Phi) is 2.26. The molecule has 0 spiro atoms. The van der Waals surface area contributed by atoms with E-state index in [-0.39, 0.29) is 5.91 Å². The summed E-state index contributed by atoms with van der Waals surface area (Å²) in [4.78, 5) is 25.5. The number of fused-ring (bicyclic) bond motifs is 1. The molecule has 0 aliphatic carbocycles. The third-order valence-corrected chi connectivity index (χ3v) is 2.58. The molecule has 0 bridgehead atoms. The van der Waals surface area contributed by atoms with Crippen LogP contribution in [0.3, 0.4) is 0 Å². The first-order valence-electron chi connectivity index (χ1n) is 4.87. The summed E-state index contributed by atoms with van der Waals surface area (Å²) < 4.78 is 0. The van der Waals surface area contributed by atoms with Gasteiger partial charge < -0.3 is 0 Å². The van der Waals surface area contributed by atoms with E-state index in [2.05, 4.69) is 15.0 Å². The van der Waals surface area contributed by atoms with Crippen molar-refractivity contribution in [2.24, 2.45) is 0 Å². The molecule has 0 unspecified atom stereocenters. The number of nitrogens with zero attached hydrogens (tertiary/aromatic N) is 4. The number of amides is 1. The number of aromatic nitrogens is 3. The van der Waals surface area contributed by atoms with Gasteiger partial charge in [-0.1, -0.05) is 11.6 Å². The molecule has 0 saturated carbocycles. The van der Waals surface area contributed by atoms with Gasteiger partial charge in [-0.3, -0.25) is 14.7 Å². The molecule has 83 valence electrons. The molecule has 1 radical (unpaired) electrons. The molecule has 1 aliphatic heterocycles. The van der Waals surface area contributed by atoms with Gasteiger partial charge in [-0.05, 0) is 12.1 Å². The first-order valence-corrected chi connectivity index (χ1v) is 5.24. The topological polar surface area (TPSA) is 59.0 Å². The third-order valence-electron chi connectivity index (χ3n) is 2.36. The van der Waals surface area contributed by atoms with Gasteiger partial charge in [0, 0.05) is 18.6 Å². The van der Waals surface area contributed by atoms with E-state index in [9.17, 15) is 4.79 Å². The molecule has 1 aliphatic rings. The summed E-state index contributed by atoms with van der Waals surface area (Å²) in [6.07, 6.45) is 4.52. The summed E-state index contributed by atoms with van der Waals surface area (Å²) in [5.74, 6) is 0.266. The molecule has 2 aromatic rings. The molecule has 0 saturated heterocycles. The van der Waals surface area contributed by atoms with Gasteiger partial charge in [0.15, 0.2) is 5.69 Å². The number of hydrogen-bond acceptors (Lipinski definition) is 4. The SMILES string of the molecule is O=C1c2nccnc2[CH]N1c1ccc(Cl)cn1. The average molecular weight is 246 g/mol. The van der Waals surface area contributed by atoms with Crippen molar-refractivity contribution >= 4 is 23.3 Å². The van der Waals surface area contributed by atoms with Crippen molar-refractivity contribution in [3.05, 3.63) is 53.7 Å². The molecular weight excluding hydrogens is 240 g/mol. The summed E-state index contributed by atoms with van der Waals surface area (Å²) >= 11 is 5.74. The molecule has 0 aromatic carbocycles. The van der Waals surface area contributed by atoms with E-state index >= 15 is 0 Å². The average Bonchev–Trinajstić information content (AvgIpc) is 2.69. The van der Waals surface area contributed by atoms with E-state index in [0.717, 1.165) is 0 Å². The van der Waals surface area contributed by atoms with Crippen LogP contribution in [0, 0.1) is 6.54 Å². The lowest BCUT2D eigenvalue weighted by Crippen LogP contribution is -2.23. The molecule has 0 atom stereocenters. The molecule has 0 fully saturated rings. The zero-order valence-electron chi connectivity index (χ0n) is 8.54. The Morgan fingerprint density at radius 1 is 1.12 bits per heavy atom. The standard InChI is InChI=1S/C11H6ClN4O/c12-7-1-2-9(15-5-7)16-6-8-10(11(16)17)14-4-3-13-8/h1-6H. The summed E-state index contributed by atoms with van der Waals surface area (Å²) in [5.41, 5.74) is 0.888. The normalized spacial score (nSPS) is 13.9. The van der Waals surface area contributed by atoms with Crippen molar-refractivity contribution in [3.63, 3.8) is 0 Å². The predicted molar refractivity (Wildman–Crippen MR) is 61.5 cm³/mol. The second kappa shape index (κ2) is 3.78. The van der Waals surface area contributed by atoms with Crippen LogP contribution in [0.1, 0.15) is 16.2 Å². The number of anilines is 1. The number of carbonyl (C=O) groups is 1. The minimum absolute atomic E-state index is 0.233. The van der Waals surface area contributed by atoms with Crippen LogP contribution in [-0.4, -0.2) is 20.9 Å². The molecule has 1 amide bonds. The quantitative estimate of drug-likeness (QED) is 0.767. The fraction of sp³-hybridized carbons (Fsp3) is 0. The highest BCUT2D eigenvalue weighted by Gasteiger charge is 2.32. The van der Waals surface area contributed by atoms with Gasteiger partial charge >= 0.3 is 0 Å². The highest BCUT2D eigenvalue weighted by molar-refractivity contribution is 6.30. The Hall–Kier alpha value is -2.01. The lowest BCUT2D eigenvalue weighted by atomic mass is 10.3. The van der Waals surface area contributed by atoms with Crippen LogP contribution < -0.4 is 4.90 Å². The van der Waals surface area contributed by atoms with Gasteiger partial charge in [-0.25, -0.2) is 9.97 Å². The Balaban J connectivity index is 1.99. The minimum atomic E-state index is -0.233. The van der Waals surface area contributed by atoms with Crippen molar-refractivity contribution in [1.82, 2.24) is 15.0 Å². The van der Waals surface area contributed by atoms with Crippen molar-refractivity contribution < 1.29 is 4.79 Å². The van der Waals surface area contributed by atoms with Gasteiger partial charge in [0.2, 0.25) is 0 Å². The number of hydrogen-bond donors (Lipinski definition) is 0. The van der Waals surface area contributed by atoms with E-state index < -0.39 is 0 Å². The monoisotopic (exact) mass is 245 g/mol. The molecule has 3 rings (SSSR count). The van der Waals surface area contributed by atoms with Crippen LogP contribution in [-0.2, 0) is 0 Å². The lowest BCUT2D eigenvalue weighted by molar-refractivity contribution is 0.0997. The zero-order valence-corrected chi connectivity index (χ0v) is 9.30.